The number of aromatic amines is 1. The predicted octanol–water partition coefficient (Wildman–Crippen LogP) is 4.74. The minimum Gasteiger partial charge on any atom is -0.328 e. The molecule has 6 nitrogen and oxygen atoms in total. The number of nitrogens with zero attached hydrogens (tertiary/aromatic N) is 3. The highest BCUT2D eigenvalue weighted by atomic mass is 35.5. The third-order valence-corrected chi connectivity index (χ3v) is 5.14. The van der Waals surface area contributed by atoms with Gasteiger partial charge in [0.05, 0.1) is 16.4 Å². The number of anilines is 1. The predicted molar refractivity (Wildman–Crippen MR) is 117 cm³/mol. The molecule has 0 bridgehead atoms. The first-order chi connectivity index (χ1) is 13.5. The van der Waals surface area contributed by atoms with E-state index in [1.54, 1.807) is 10.7 Å². The van der Waals surface area contributed by atoms with Gasteiger partial charge in [0.25, 0.3) is 0 Å². The lowest BCUT2D eigenvalue weighted by molar-refractivity contribution is 0.837. The fourth-order valence-electron chi connectivity index (χ4n) is 3.12. The van der Waals surface area contributed by atoms with E-state index in [1.165, 1.54) is 18.0 Å². The summed E-state index contributed by atoms with van der Waals surface area (Å²) in [6.07, 6.45) is 3.81. The monoisotopic (exact) mass is 411 g/mol. The van der Waals surface area contributed by atoms with E-state index in [4.69, 9.17) is 16.6 Å². The molecule has 0 unspecified atom stereocenters. The Hall–Kier alpha value is -2.77. The van der Waals surface area contributed by atoms with E-state index in [0.29, 0.717) is 16.5 Å². The van der Waals surface area contributed by atoms with Gasteiger partial charge in [-0.3, -0.25) is 4.79 Å². The molecule has 0 amide bonds. The van der Waals surface area contributed by atoms with Crippen LogP contribution in [0.3, 0.4) is 0 Å². The van der Waals surface area contributed by atoms with Crippen LogP contribution < -0.4 is 10.3 Å². The van der Waals surface area contributed by atoms with Crippen LogP contribution in [0.25, 0.3) is 28.0 Å². The molecule has 0 aliphatic carbocycles. The molecule has 0 saturated carbocycles. The summed E-state index contributed by atoms with van der Waals surface area (Å²) in [6.45, 7) is 3.93. The standard InChI is InChI=1S/C20H18ClN5OS/c1-11-8-14(10-16(21)18(11)25-28-3)15-9-13-4-5-17(27)22-19(13)23-20(15)26-7-6-12(2)24-26/h4-10,25H,1-3H3,(H,22,23,27). The van der Waals surface area contributed by atoms with Gasteiger partial charge in [0.2, 0.25) is 5.56 Å². The quantitative estimate of drug-likeness (QED) is 0.474. The third kappa shape index (κ3) is 3.39. The number of halogens is 1. The summed E-state index contributed by atoms with van der Waals surface area (Å²) in [4.78, 5) is 19.2. The normalized spacial score (nSPS) is 11.1. The first-order valence-corrected chi connectivity index (χ1v) is 10.2. The average Bonchev–Trinajstić information content (AvgIpc) is 3.09. The van der Waals surface area contributed by atoms with Gasteiger partial charge in [-0.05, 0) is 55.3 Å². The molecule has 4 rings (SSSR count). The van der Waals surface area contributed by atoms with Gasteiger partial charge in [0.15, 0.2) is 5.82 Å². The Balaban J connectivity index is 2.00. The van der Waals surface area contributed by atoms with E-state index >= 15 is 0 Å². The van der Waals surface area contributed by atoms with E-state index < -0.39 is 0 Å². The van der Waals surface area contributed by atoms with Crippen LogP contribution in [0.15, 0.2) is 47.4 Å². The van der Waals surface area contributed by atoms with E-state index in [2.05, 4.69) is 20.9 Å². The van der Waals surface area contributed by atoms with Crippen LogP contribution in [0.5, 0.6) is 0 Å². The van der Waals surface area contributed by atoms with Gasteiger partial charge in [-0.1, -0.05) is 23.5 Å². The van der Waals surface area contributed by atoms with Crippen molar-refractivity contribution in [2.75, 3.05) is 11.0 Å². The molecule has 0 spiro atoms. The second kappa shape index (κ2) is 7.33. The lowest BCUT2D eigenvalue weighted by Crippen LogP contribution is -2.07. The van der Waals surface area contributed by atoms with Crippen molar-refractivity contribution in [1.29, 1.82) is 0 Å². The largest absolute Gasteiger partial charge is 0.328 e. The van der Waals surface area contributed by atoms with E-state index in [0.717, 1.165) is 33.5 Å². The molecular weight excluding hydrogens is 394 g/mol. The van der Waals surface area contributed by atoms with Gasteiger partial charge in [0, 0.05) is 29.5 Å². The number of hydrogen-bond acceptors (Lipinski definition) is 5. The molecule has 0 aliphatic heterocycles. The first kappa shape index (κ1) is 18.6. The number of nitrogens with one attached hydrogen (secondary N) is 2. The van der Waals surface area contributed by atoms with Crippen LogP contribution >= 0.6 is 23.5 Å². The number of hydrogen-bond donors (Lipinski definition) is 2. The lowest BCUT2D eigenvalue weighted by atomic mass is 10.0. The second-order valence-corrected chi connectivity index (χ2v) is 7.50. The maximum absolute atomic E-state index is 11.7. The van der Waals surface area contributed by atoms with Crippen LogP contribution in [0, 0.1) is 13.8 Å². The van der Waals surface area contributed by atoms with E-state index in [9.17, 15) is 4.79 Å². The molecule has 3 aromatic heterocycles. The summed E-state index contributed by atoms with van der Waals surface area (Å²) in [6, 6.07) is 11.2. The van der Waals surface area contributed by atoms with Gasteiger partial charge in [-0.25, -0.2) is 9.67 Å². The number of pyridine rings is 2. The van der Waals surface area contributed by atoms with Gasteiger partial charge in [0.1, 0.15) is 5.65 Å². The molecule has 4 aromatic rings. The van der Waals surface area contributed by atoms with Gasteiger partial charge >= 0.3 is 0 Å². The average molecular weight is 412 g/mol. The highest BCUT2D eigenvalue weighted by molar-refractivity contribution is 7.99. The molecule has 0 atom stereocenters. The van der Waals surface area contributed by atoms with E-state index in [-0.39, 0.29) is 5.56 Å². The number of aromatic nitrogens is 4. The van der Waals surface area contributed by atoms with Gasteiger partial charge in [-0.2, -0.15) is 5.10 Å². The van der Waals surface area contributed by atoms with Crippen molar-refractivity contribution in [3.63, 3.8) is 0 Å². The van der Waals surface area contributed by atoms with Crippen molar-refractivity contribution in [2.45, 2.75) is 13.8 Å². The zero-order valence-corrected chi connectivity index (χ0v) is 17.1. The summed E-state index contributed by atoms with van der Waals surface area (Å²) in [5, 5.41) is 5.97. The molecule has 3 heterocycles. The Morgan fingerprint density at radius 1 is 1.18 bits per heavy atom. The smallest absolute Gasteiger partial charge is 0.249 e. The minimum absolute atomic E-state index is 0.193. The molecule has 8 heteroatoms. The number of fused-ring (bicyclic) bond motifs is 1. The van der Waals surface area contributed by atoms with Crippen LogP contribution in [0.2, 0.25) is 5.02 Å². The molecule has 0 aliphatic rings. The maximum atomic E-state index is 11.7. The maximum Gasteiger partial charge on any atom is 0.249 e. The Kier molecular flexibility index (Phi) is 4.87. The Labute approximate surface area is 171 Å². The summed E-state index contributed by atoms with van der Waals surface area (Å²) in [5.41, 5.74) is 4.93. The zero-order chi connectivity index (χ0) is 19.8. The highest BCUT2D eigenvalue weighted by Crippen LogP contribution is 2.36. The summed E-state index contributed by atoms with van der Waals surface area (Å²) >= 11 is 8.03. The van der Waals surface area contributed by atoms with Crippen molar-refractivity contribution >= 4 is 40.3 Å². The molecule has 2 N–H and O–H groups in total. The SMILES string of the molecule is CSNc1c(C)cc(-c2cc3ccc(=O)[nH]c3nc2-n2ccc(C)n2)cc1Cl. The fraction of sp³-hybridized carbons (Fsp3) is 0.150. The van der Waals surface area contributed by atoms with Gasteiger partial charge < -0.3 is 9.71 Å². The van der Waals surface area contributed by atoms with Crippen molar-refractivity contribution in [1.82, 2.24) is 19.7 Å². The topological polar surface area (TPSA) is 75.6 Å². The highest BCUT2D eigenvalue weighted by Gasteiger charge is 2.15. The second-order valence-electron chi connectivity index (χ2n) is 6.48. The molecule has 0 saturated heterocycles. The molecule has 0 radical (unpaired) electrons. The van der Waals surface area contributed by atoms with Crippen molar-refractivity contribution in [3.8, 4) is 16.9 Å². The summed E-state index contributed by atoms with van der Waals surface area (Å²) in [5.74, 6) is 0.628. The Bertz CT molecular complexity index is 1220. The van der Waals surface area contributed by atoms with Crippen LogP contribution in [-0.2, 0) is 0 Å². The lowest BCUT2D eigenvalue weighted by Gasteiger charge is -2.15. The van der Waals surface area contributed by atoms with Crippen LogP contribution in [0.4, 0.5) is 5.69 Å². The Morgan fingerprint density at radius 3 is 2.68 bits per heavy atom. The number of H-pyrrole nitrogens is 1. The number of benzene rings is 1. The summed E-state index contributed by atoms with van der Waals surface area (Å²) < 4.78 is 4.94. The third-order valence-electron chi connectivity index (χ3n) is 4.43. The van der Waals surface area contributed by atoms with Crippen LogP contribution in [-0.4, -0.2) is 26.0 Å². The number of rotatable bonds is 4. The van der Waals surface area contributed by atoms with Gasteiger partial charge in [-0.15, -0.1) is 0 Å². The van der Waals surface area contributed by atoms with Crippen molar-refractivity contribution < 1.29 is 0 Å². The molecule has 28 heavy (non-hydrogen) atoms. The first-order valence-electron chi connectivity index (χ1n) is 8.62. The molecule has 0 fully saturated rings. The Morgan fingerprint density at radius 2 is 2.00 bits per heavy atom. The van der Waals surface area contributed by atoms with Crippen molar-refractivity contribution in [3.05, 3.63) is 69.2 Å². The molecule has 1 aromatic carbocycles. The fourth-order valence-corrected chi connectivity index (χ4v) is 3.97. The van der Waals surface area contributed by atoms with E-state index in [1.807, 2.05) is 44.5 Å². The molecule has 142 valence electrons. The number of aryl methyl sites for hydroxylation is 2. The van der Waals surface area contributed by atoms with Crippen molar-refractivity contribution in [2.24, 2.45) is 0 Å². The minimum atomic E-state index is -0.193. The summed E-state index contributed by atoms with van der Waals surface area (Å²) in [7, 11) is 0. The zero-order valence-electron chi connectivity index (χ0n) is 15.6. The van der Waals surface area contributed by atoms with Crippen LogP contribution in [0.1, 0.15) is 11.3 Å². The molecular formula is C20H18ClN5OS.